The van der Waals surface area contributed by atoms with Crippen LogP contribution in [0.3, 0.4) is 0 Å². The molecule has 0 aliphatic carbocycles. The number of amides is 1. The van der Waals surface area contributed by atoms with Gasteiger partial charge in [-0.15, -0.1) is 10.2 Å². The van der Waals surface area contributed by atoms with E-state index in [1.54, 1.807) is 42.5 Å². The Balaban J connectivity index is 1.39. The minimum atomic E-state index is -0.280. The molecule has 8 nitrogen and oxygen atoms in total. The summed E-state index contributed by atoms with van der Waals surface area (Å²) in [5, 5.41) is 17.5. The fourth-order valence-corrected chi connectivity index (χ4v) is 4.90. The van der Waals surface area contributed by atoms with E-state index in [2.05, 4.69) is 15.2 Å². The average Bonchev–Trinajstić information content (AvgIpc) is 3.61. The number of carbonyl (C=O) groups excluding carboxylic acids is 1. The third kappa shape index (κ3) is 5.29. The molecule has 1 fully saturated rings. The van der Waals surface area contributed by atoms with Crippen LogP contribution < -0.4 is 4.74 Å². The number of hydrogen-bond acceptors (Lipinski definition) is 7. The van der Waals surface area contributed by atoms with Crippen LogP contribution in [0.25, 0.3) is 11.5 Å². The number of pyridine rings is 1. The molecule has 0 bridgehead atoms. The lowest BCUT2D eigenvalue weighted by molar-refractivity contribution is 0.0769. The predicted molar refractivity (Wildman–Crippen MR) is 137 cm³/mol. The molecule has 1 saturated heterocycles. The molecule has 0 N–H and O–H groups in total. The summed E-state index contributed by atoms with van der Waals surface area (Å²) in [6, 6.07) is 18.0. The summed E-state index contributed by atoms with van der Waals surface area (Å²) in [6.45, 7) is 2.93. The molecule has 1 aliphatic rings. The van der Waals surface area contributed by atoms with Gasteiger partial charge in [0.25, 0.3) is 5.91 Å². The Morgan fingerprint density at radius 1 is 1.14 bits per heavy atom. The summed E-state index contributed by atoms with van der Waals surface area (Å²) in [4.78, 5) is 19.5. The second-order valence-electron chi connectivity index (χ2n) is 8.80. The molecule has 2 aromatic carbocycles. The molecule has 1 amide bonds. The smallest absolute Gasteiger partial charge is 0.253 e. The van der Waals surface area contributed by atoms with Gasteiger partial charge in [0, 0.05) is 48.3 Å². The Hall–Kier alpha value is -3.93. The predicted octanol–water partition coefficient (Wildman–Crippen LogP) is 5.63. The van der Waals surface area contributed by atoms with Crippen molar-refractivity contribution in [3.8, 4) is 23.4 Å². The molecule has 0 radical (unpaired) electrons. The lowest BCUT2D eigenvalue weighted by atomic mass is 9.86. The summed E-state index contributed by atoms with van der Waals surface area (Å²) in [6.07, 6.45) is 2.46. The highest BCUT2D eigenvalue weighted by atomic mass is 35.5. The lowest BCUT2D eigenvalue weighted by Crippen LogP contribution is -2.32. The Kier molecular flexibility index (Phi) is 7.08. The van der Waals surface area contributed by atoms with Crippen molar-refractivity contribution in [2.45, 2.75) is 18.9 Å². The minimum absolute atomic E-state index is 0.0373. The largest absolute Gasteiger partial charge is 0.474 e. The maximum atomic E-state index is 13.5. The highest BCUT2D eigenvalue weighted by Gasteiger charge is 2.40. The van der Waals surface area contributed by atoms with Crippen LogP contribution >= 0.6 is 23.2 Å². The van der Waals surface area contributed by atoms with Gasteiger partial charge >= 0.3 is 0 Å². The molecule has 4 aromatic rings. The summed E-state index contributed by atoms with van der Waals surface area (Å²) >= 11 is 12.5. The fourth-order valence-electron chi connectivity index (χ4n) is 4.60. The van der Waals surface area contributed by atoms with Crippen molar-refractivity contribution < 1.29 is 13.9 Å². The average molecular weight is 534 g/mol. The van der Waals surface area contributed by atoms with E-state index >= 15 is 0 Å². The molecule has 0 saturated carbocycles. The van der Waals surface area contributed by atoms with Crippen LogP contribution in [-0.4, -0.2) is 45.2 Å². The van der Waals surface area contributed by atoms with E-state index in [0.29, 0.717) is 46.0 Å². The maximum Gasteiger partial charge on any atom is 0.253 e. The van der Waals surface area contributed by atoms with E-state index in [1.165, 1.54) is 12.6 Å². The Morgan fingerprint density at radius 3 is 2.59 bits per heavy atom. The van der Waals surface area contributed by atoms with Crippen molar-refractivity contribution in [3.05, 3.63) is 93.9 Å². The molecule has 0 unspecified atom stereocenters. The number of aromatic nitrogens is 3. The first-order valence-corrected chi connectivity index (χ1v) is 12.3. The summed E-state index contributed by atoms with van der Waals surface area (Å²) in [7, 11) is 0. The number of halogens is 2. The van der Waals surface area contributed by atoms with Gasteiger partial charge in [0.05, 0.1) is 15.6 Å². The van der Waals surface area contributed by atoms with Crippen LogP contribution in [0, 0.1) is 17.2 Å². The van der Waals surface area contributed by atoms with E-state index in [1.807, 2.05) is 30.0 Å². The molecule has 186 valence electrons. The van der Waals surface area contributed by atoms with E-state index < -0.39 is 0 Å². The summed E-state index contributed by atoms with van der Waals surface area (Å²) < 4.78 is 11.4. The second kappa shape index (κ2) is 10.6. The Morgan fingerprint density at radius 2 is 1.95 bits per heavy atom. The van der Waals surface area contributed by atoms with Crippen molar-refractivity contribution in [3.63, 3.8) is 0 Å². The molecule has 0 spiro atoms. The first-order valence-electron chi connectivity index (χ1n) is 11.6. The number of ether oxygens (including phenoxy) is 1. The zero-order chi connectivity index (χ0) is 25.9. The minimum Gasteiger partial charge on any atom is -0.474 e. The van der Waals surface area contributed by atoms with E-state index in [0.717, 1.165) is 11.1 Å². The van der Waals surface area contributed by atoms with E-state index in [9.17, 15) is 4.79 Å². The van der Waals surface area contributed by atoms with Gasteiger partial charge in [0.2, 0.25) is 18.2 Å². The number of nitriles is 1. The third-order valence-electron chi connectivity index (χ3n) is 6.54. The Bertz CT molecular complexity index is 1440. The lowest BCUT2D eigenvalue weighted by Gasteiger charge is -2.25. The van der Waals surface area contributed by atoms with Gasteiger partial charge in [-0.3, -0.25) is 4.79 Å². The third-order valence-corrected chi connectivity index (χ3v) is 7.28. The SMILES string of the molecule is C[C@H](Oc1ccc(C#N)cn1)[C@H]1CN(C(=O)c2ccc(-c3nnco3)cc2)C[C@@H]1c1ccc(Cl)c(Cl)c1. The quantitative estimate of drug-likeness (QED) is 0.316. The molecule has 37 heavy (non-hydrogen) atoms. The molecule has 5 rings (SSSR count). The number of nitrogens with zero attached hydrogens (tertiary/aromatic N) is 5. The molecular formula is C27H21Cl2N5O3. The molecule has 3 atom stereocenters. The second-order valence-corrected chi connectivity index (χ2v) is 9.61. The number of hydrogen-bond donors (Lipinski definition) is 0. The highest BCUT2D eigenvalue weighted by molar-refractivity contribution is 6.42. The van der Waals surface area contributed by atoms with Crippen LogP contribution in [-0.2, 0) is 0 Å². The van der Waals surface area contributed by atoms with Crippen LogP contribution in [0.5, 0.6) is 5.88 Å². The van der Waals surface area contributed by atoms with Crippen molar-refractivity contribution >= 4 is 29.1 Å². The van der Waals surface area contributed by atoms with Crippen molar-refractivity contribution in [1.82, 2.24) is 20.1 Å². The molecular weight excluding hydrogens is 513 g/mol. The summed E-state index contributed by atoms with van der Waals surface area (Å²) in [5.41, 5.74) is 2.72. The van der Waals surface area contributed by atoms with Gasteiger partial charge in [0.15, 0.2) is 0 Å². The monoisotopic (exact) mass is 533 g/mol. The molecule has 3 heterocycles. The van der Waals surface area contributed by atoms with Crippen molar-refractivity contribution in [2.75, 3.05) is 13.1 Å². The van der Waals surface area contributed by atoms with Gasteiger partial charge in [-0.1, -0.05) is 29.3 Å². The van der Waals surface area contributed by atoms with Crippen LogP contribution in [0.15, 0.2) is 71.6 Å². The topological polar surface area (TPSA) is 105 Å². The number of benzene rings is 2. The zero-order valence-electron chi connectivity index (χ0n) is 19.7. The molecule has 1 aliphatic heterocycles. The van der Waals surface area contributed by atoms with Gasteiger partial charge in [-0.05, 0) is 55.0 Å². The van der Waals surface area contributed by atoms with Gasteiger partial charge in [-0.2, -0.15) is 5.26 Å². The first-order chi connectivity index (χ1) is 17.9. The molecule has 10 heteroatoms. The van der Waals surface area contributed by atoms with Gasteiger partial charge in [0.1, 0.15) is 12.2 Å². The van der Waals surface area contributed by atoms with Gasteiger partial charge in [-0.25, -0.2) is 4.98 Å². The Labute approximate surface area is 223 Å². The van der Waals surface area contributed by atoms with Crippen molar-refractivity contribution in [1.29, 1.82) is 5.26 Å². The molecule has 2 aromatic heterocycles. The van der Waals surface area contributed by atoms with Crippen LogP contribution in [0.1, 0.15) is 34.3 Å². The zero-order valence-corrected chi connectivity index (χ0v) is 21.2. The van der Waals surface area contributed by atoms with Crippen molar-refractivity contribution in [2.24, 2.45) is 5.92 Å². The standard InChI is InChI=1S/C27H21Cl2N5O3/c1-16(37-25-9-2-17(11-30)12-31-25)21-13-34(14-22(21)20-7-8-23(28)24(29)10-20)27(35)19-5-3-18(4-6-19)26-33-32-15-36-26/h2-10,12,15-16,21-22H,13-14H2,1H3/t16-,21+,22+/m0/s1. The van der Waals surface area contributed by atoms with E-state index in [4.69, 9.17) is 37.6 Å². The number of rotatable bonds is 6. The normalized spacial score (nSPS) is 17.8. The maximum absolute atomic E-state index is 13.5. The number of carbonyl (C=O) groups is 1. The number of likely N-dealkylation sites (tertiary alicyclic amines) is 1. The van der Waals surface area contributed by atoms with Gasteiger partial charge < -0.3 is 14.1 Å². The highest BCUT2D eigenvalue weighted by Crippen LogP contribution is 2.39. The summed E-state index contributed by atoms with van der Waals surface area (Å²) in [5.74, 6) is 0.637. The van der Waals surface area contributed by atoms with E-state index in [-0.39, 0.29) is 23.8 Å². The fraction of sp³-hybridized carbons (Fsp3) is 0.222. The first kappa shape index (κ1) is 24.8. The van der Waals surface area contributed by atoms with Crippen LogP contribution in [0.4, 0.5) is 0 Å². The van der Waals surface area contributed by atoms with Crippen LogP contribution in [0.2, 0.25) is 10.0 Å².